The van der Waals surface area contributed by atoms with Crippen LogP contribution in [-0.4, -0.2) is 47.9 Å². The van der Waals surface area contributed by atoms with Crippen molar-refractivity contribution in [3.63, 3.8) is 0 Å². The number of imidazole rings is 1. The maximum atomic E-state index is 11.0. The van der Waals surface area contributed by atoms with Gasteiger partial charge >= 0.3 is 0 Å². The van der Waals surface area contributed by atoms with Crippen molar-refractivity contribution in [3.8, 4) is 11.3 Å². The van der Waals surface area contributed by atoms with Crippen LogP contribution in [-0.2, 0) is 6.54 Å². The Morgan fingerprint density at radius 3 is 2.61 bits per heavy atom. The summed E-state index contributed by atoms with van der Waals surface area (Å²) in [5.41, 5.74) is 2.13. The average molecular weight is 374 g/mol. The van der Waals surface area contributed by atoms with Gasteiger partial charge in [-0.1, -0.05) is 30.3 Å². The summed E-state index contributed by atoms with van der Waals surface area (Å²) in [6.07, 6.45) is 8.56. The van der Waals surface area contributed by atoms with Crippen LogP contribution in [0.4, 0.5) is 5.82 Å². The highest BCUT2D eigenvalue weighted by molar-refractivity contribution is 5.66. The van der Waals surface area contributed by atoms with E-state index in [-0.39, 0.29) is 0 Å². The number of piperidine rings is 1. The van der Waals surface area contributed by atoms with Gasteiger partial charge in [0.05, 0.1) is 30.4 Å². The third-order valence-corrected chi connectivity index (χ3v) is 5.46. The lowest BCUT2D eigenvalue weighted by Gasteiger charge is -2.39. The first kappa shape index (κ1) is 16.9. The molecular formula is C21H22N6O. The molecule has 4 aromatic rings. The zero-order valence-electron chi connectivity index (χ0n) is 15.5. The summed E-state index contributed by atoms with van der Waals surface area (Å²) in [5.74, 6) is 1.01. The summed E-state index contributed by atoms with van der Waals surface area (Å²) in [6.45, 7) is 2.10. The summed E-state index contributed by atoms with van der Waals surface area (Å²) in [4.78, 5) is 11.1. The Bertz CT molecular complexity index is 1060. The van der Waals surface area contributed by atoms with Gasteiger partial charge in [-0.3, -0.25) is 0 Å². The van der Waals surface area contributed by atoms with Crippen molar-refractivity contribution in [2.45, 2.75) is 25.0 Å². The van der Waals surface area contributed by atoms with E-state index in [1.54, 1.807) is 18.7 Å². The molecule has 5 rings (SSSR count). The van der Waals surface area contributed by atoms with Gasteiger partial charge < -0.3 is 14.6 Å². The SMILES string of the molecule is OC1(Cn2ccnc2)CCN(c2cc(-c3ccccc3)nc3ccnn23)CC1. The smallest absolute Gasteiger partial charge is 0.157 e. The Hall–Kier alpha value is -3.19. The maximum Gasteiger partial charge on any atom is 0.157 e. The highest BCUT2D eigenvalue weighted by Crippen LogP contribution is 2.30. The molecule has 0 saturated carbocycles. The van der Waals surface area contributed by atoms with Crippen molar-refractivity contribution in [2.75, 3.05) is 18.0 Å². The van der Waals surface area contributed by atoms with Crippen LogP contribution in [0.2, 0.25) is 0 Å². The van der Waals surface area contributed by atoms with Crippen molar-refractivity contribution in [1.29, 1.82) is 0 Å². The molecule has 0 amide bonds. The molecule has 1 aliphatic rings. The molecule has 7 nitrogen and oxygen atoms in total. The number of aliphatic hydroxyl groups is 1. The monoisotopic (exact) mass is 374 g/mol. The van der Waals surface area contributed by atoms with Crippen LogP contribution in [0, 0.1) is 0 Å². The molecule has 1 aromatic carbocycles. The van der Waals surface area contributed by atoms with Gasteiger partial charge in [-0.2, -0.15) is 9.61 Å². The molecule has 0 radical (unpaired) electrons. The number of fused-ring (bicyclic) bond motifs is 1. The molecule has 1 N–H and O–H groups in total. The summed E-state index contributed by atoms with van der Waals surface area (Å²) < 4.78 is 3.83. The molecule has 0 bridgehead atoms. The molecule has 3 aromatic heterocycles. The van der Waals surface area contributed by atoms with E-state index in [9.17, 15) is 5.11 Å². The summed E-state index contributed by atoms with van der Waals surface area (Å²) in [7, 11) is 0. The van der Waals surface area contributed by atoms with Crippen LogP contribution < -0.4 is 4.90 Å². The van der Waals surface area contributed by atoms with Crippen molar-refractivity contribution >= 4 is 11.5 Å². The number of benzene rings is 1. The Morgan fingerprint density at radius 1 is 1.04 bits per heavy atom. The molecular weight excluding hydrogens is 352 g/mol. The summed E-state index contributed by atoms with van der Waals surface area (Å²) in [6, 6.07) is 14.2. The van der Waals surface area contributed by atoms with Gasteiger partial charge in [-0.15, -0.1) is 0 Å². The van der Waals surface area contributed by atoms with Gasteiger partial charge in [-0.05, 0) is 12.8 Å². The van der Waals surface area contributed by atoms with Crippen LogP contribution in [0.3, 0.4) is 0 Å². The van der Waals surface area contributed by atoms with E-state index in [4.69, 9.17) is 4.98 Å². The molecule has 1 saturated heterocycles. The molecule has 0 unspecified atom stereocenters. The molecule has 0 aliphatic carbocycles. The molecule has 28 heavy (non-hydrogen) atoms. The highest BCUT2D eigenvalue weighted by Gasteiger charge is 2.33. The lowest BCUT2D eigenvalue weighted by Crippen LogP contribution is -2.47. The molecule has 0 atom stereocenters. The van der Waals surface area contributed by atoms with Gasteiger partial charge in [0.15, 0.2) is 5.65 Å². The van der Waals surface area contributed by atoms with Crippen molar-refractivity contribution in [1.82, 2.24) is 24.1 Å². The number of hydrogen-bond acceptors (Lipinski definition) is 5. The first-order valence-corrected chi connectivity index (χ1v) is 9.54. The van der Waals surface area contributed by atoms with E-state index in [2.05, 4.69) is 33.2 Å². The summed E-state index contributed by atoms with van der Waals surface area (Å²) in [5, 5.41) is 15.5. The first-order chi connectivity index (χ1) is 13.7. The van der Waals surface area contributed by atoms with E-state index < -0.39 is 5.60 Å². The normalized spacial score (nSPS) is 16.5. The minimum atomic E-state index is -0.713. The highest BCUT2D eigenvalue weighted by atomic mass is 16.3. The lowest BCUT2D eigenvalue weighted by molar-refractivity contribution is -0.000233. The minimum absolute atomic E-state index is 0.573. The number of nitrogens with zero attached hydrogens (tertiary/aromatic N) is 6. The minimum Gasteiger partial charge on any atom is -0.388 e. The van der Waals surface area contributed by atoms with Crippen LogP contribution in [0.15, 0.2) is 67.4 Å². The fraction of sp³-hybridized carbons (Fsp3) is 0.286. The van der Waals surface area contributed by atoms with Gasteiger partial charge in [0.25, 0.3) is 0 Å². The Balaban J connectivity index is 1.43. The number of rotatable bonds is 4. The standard InChI is InChI=1S/C21H22N6O/c28-21(15-25-13-10-22-16-25)7-11-26(12-8-21)20-14-18(17-4-2-1-3-5-17)24-19-6-9-23-27(19)20/h1-6,9-10,13-14,16,28H,7-8,11-12,15H2. The van der Waals surface area contributed by atoms with E-state index in [0.29, 0.717) is 19.4 Å². The van der Waals surface area contributed by atoms with Gasteiger partial charge in [-0.25, -0.2) is 9.97 Å². The zero-order chi connectivity index (χ0) is 19.0. The molecule has 7 heteroatoms. The second-order valence-electron chi connectivity index (χ2n) is 7.41. The van der Waals surface area contributed by atoms with Crippen LogP contribution in [0.25, 0.3) is 16.9 Å². The fourth-order valence-corrected chi connectivity index (χ4v) is 3.91. The zero-order valence-corrected chi connectivity index (χ0v) is 15.5. The third kappa shape index (κ3) is 3.14. The van der Waals surface area contributed by atoms with Crippen molar-refractivity contribution in [3.05, 3.63) is 67.4 Å². The number of aromatic nitrogens is 5. The summed E-state index contributed by atoms with van der Waals surface area (Å²) >= 11 is 0. The molecule has 0 spiro atoms. The quantitative estimate of drug-likeness (QED) is 0.595. The topological polar surface area (TPSA) is 71.5 Å². The lowest BCUT2D eigenvalue weighted by atomic mass is 9.91. The van der Waals surface area contributed by atoms with E-state index in [0.717, 1.165) is 35.8 Å². The van der Waals surface area contributed by atoms with Crippen LogP contribution in [0.5, 0.6) is 0 Å². The third-order valence-electron chi connectivity index (χ3n) is 5.46. The van der Waals surface area contributed by atoms with Gasteiger partial charge in [0, 0.05) is 43.2 Å². The number of anilines is 1. The Kier molecular flexibility index (Phi) is 4.09. The second-order valence-corrected chi connectivity index (χ2v) is 7.41. The molecule has 142 valence electrons. The van der Waals surface area contributed by atoms with Crippen molar-refractivity contribution < 1.29 is 5.11 Å². The van der Waals surface area contributed by atoms with Crippen LogP contribution in [0.1, 0.15) is 12.8 Å². The molecule has 4 heterocycles. The second kappa shape index (κ2) is 6.76. The van der Waals surface area contributed by atoms with Crippen molar-refractivity contribution in [2.24, 2.45) is 0 Å². The van der Waals surface area contributed by atoms with E-state index in [1.165, 1.54) is 0 Å². The predicted molar refractivity (Wildman–Crippen MR) is 107 cm³/mol. The van der Waals surface area contributed by atoms with Crippen LogP contribution >= 0.6 is 0 Å². The first-order valence-electron chi connectivity index (χ1n) is 9.54. The maximum absolute atomic E-state index is 11.0. The van der Waals surface area contributed by atoms with Gasteiger partial charge in [0.1, 0.15) is 5.82 Å². The van der Waals surface area contributed by atoms with E-state index >= 15 is 0 Å². The Morgan fingerprint density at radius 2 is 1.86 bits per heavy atom. The number of hydrogen-bond donors (Lipinski definition) is 1. The fourth-order valence-electron chi connectivity index (χ4n) is 3.91. The van der Waals surface area contributed by atoms with E-state index in [1.807, 2.05) is 39.5 Å². The predicted octanol–water partition coefficient (Wildman–Crippen LogP) is 2.62. The average Bonchev–Trinajstić information content (AvgIpc) is 3.40. The Labute approximate surface area is 162 Å². The molecule has 1 fully saturated rings. The largest absolute Gasteiger partial charge is 0.388 e. The van der Waals surface area contributed by atoms with Gasteiger partial charge in [0.2, 0.25) is 0 Å². The molecule has 1 aliphatic heterocycles.